The molecule has 1 aromatic rings. The van der Waals surface area contributed by atoms with Gasteiger partial charge in [-0.2, -0.15) is 0 Å². The van der Waals surface area contributed by atoms with E-state index in [4.69, 9.17) is 9.47 Å². The minimum Gasteiger partial charge on any atom is -0.487 e. The molecular weight excluding hydrogens is 341 g/mol. The third-order valence-corrected chi connectivity index (χ3v) is 4.69. The van der Waals surface area contributed by atoms with Gasteiger partial charge in [0, 0.05) is 0 Å². The van der Waals surface area contributed by atoms with Crippen LogP contribution < -0.4 is 4.74 Å². The summed E-state index contributed by atoms with van der Waals surface area (Å²) in [6, 6.07) is 4.92. The first-order valence-electron chi connectivity index (χ1n) is 8.56. The van der Waals surface area contributed by atoms with Crippen LogP contribution in [0.15, 0.2) is 36.4 Å². The number of amides is 2. The van der Waals surface area contributed by atoms with Gasteiger partial charge < -0.3 is 9.47 Å². The number of esters is 1. The van der Waals surface area contributed by atoms with Gasteiger partial charge in [-0.3, -0.25) is 14.5 Å². The molecule has 7 heteroatoms. The number of para-hydroxylation sites is 1. The summed E-state index contributed by atoms with van der Waals surface area (Å²) in [4.78, 5) is 38.1. The fourth-order valence-electron chi connectivity index (χ4n) is 3.29. The molecule has 2 amide bonds. The molecule has 1 aliphatic carbocycles. The summed E-state index contributed by atoms with van der Waals surface area (Å²) in [6.45, 7) is 1.33. The van der Waals surface area contributed by atoms with E-state index in [2.05, 4.69) is 0 Å². The zero-order chi connectivity index (χ0) is 18.7. The molecule has 1 aliphatic heterocycles. The second-order valence-corrected chi connectivity index (χ2v) is 6.32. The number of carbonyl (C=O) groups excluding carboxylic acids is 3. The Balaban J connectivity index is 1.51. The average Bonchev–Trinajstić information content (AvgIpc) is 2.90. The van der Waals surface area contributed by atoms with Crippen molar-refractivity contribution >= 4 is 17.8 Å². The van der Waals surface area contributed by atoms with Crippen LogP contribution >= 0.6 is 0 Å². The van der Waals surface area contributed by atoms with Gasteiger partial charge in [-0.25, -0.2) is 9.18 Å². The van der Waals surface area contributed by atoms with Crippen molar-refractivity contribution in [2.24, 2.45) is 11.8 Å². The van der Waals surface area contributed by atoms with Crippen LogP contribution in [0.4, 0.5) is 4.39 Å². The predicted octanol–water partition coefficient (Wildman–Crippen LogP) is 2.09. The van der Waals surface area contributed by atoms with E-state index in [0.29, 0.717) is 12.8 Å². The normalized spacial score (nSPS) is 22.9. The summed E-state index contributed by atoms with van der Waals surface area (Å²) in [7, 11) is 0. The van der Waals surface area contributed by atoms with Crippen LogP contribution in [0.5, 0.6) is 5.75 Å². The van der Waals surface area contributed by atoms with Gasteiger partial charge in [-0.05, 0) is 31.9 Å². The third-order valence-electron chi connectivity index (χ3n) is 4.69. The Kier molecular flexibility index (Phi) is 5.35. The van der Waals surface area contributed by atoms with Crippen molar-refractivity contribution in [2.75, 3.05) is 13.2 Å². The first-order valence-corrected chi connectivity index (χ1v) is 8.56. The van der Waals surface area contributed by atoms with Gasteiger partial charge in [0.05, 0.1) is 11.8 Å². The number of carbonyl (C=O) groups is 3. The van der Waals surface area contributed by atoms with Gasteiger partial charge >= 0.3 is 5.97 Å². The maximum atomic E-state index is 13.4. The molecule has 0 bridgehead atoms. The van der Waals surface area contributed by atoms with Gasteiger partial charge in [0.15, 0.2) is 11.6 Å². The maximum Gasteiger partial charge on any atom is 0.329 e. The number of hydrogen-bond acceptors (Lipinski definition) is 5. The summed E-state index contributed by atoms with van der Waals surface area (Å²) >= 11 is 0. The fourth-order valence-corrected chi connectivity index (χ4v) is 3.29. The van der Waals surface area contributed by atoms with Gasteiger partial charge in [-0.1, -0.05) is 24.3 Å². The fraction of sp³-hybridized carbons (Fsp3) is 0.421. The summed E-state index contributed by atoms with van der Waals surface area (Å²) in [5.74, 6) is -2.53. The van der Waals surface area contributed by atoms with E-state index in [-0.39, 0.29) is 42.6 Å². The Labute approximate surface area is 150 Å². The number of imide groups is 1. The zero-order valence-electron chi connectivity index (χ0n) is 14.4. The van der Waals surface area contributed by atoms with Gasteiger partial charge in [0.1, 0.15) is 19.3 Å². The monoisotopic (exact) mass is 361 g/mol. The molecule has 0 aromatic heterocycles. The summed E-state index contributed by atoms with van der Waals surface area (Å²) in [6.07, 6.45) is 4.81. The van der Waals surface area contributed by atoms with Crippen molar-refractivity contribution in [2.45, 2.75) is 25.8 Å². The van der Waals surface area contributed by atoms with E-state index in [1.165, 1.54) is 19.1 Å². The lowest BCUT2D eigenvalue weighted by Gasteiger charge is -2.21. The van der Waals surface area contributed by atoms with Crippen molar-refractivity contribution in [1.29, 1.82) is 0 Å². The molecule has 0 saturated carbocycles. The van der Waals surface area contributed by atoms with E-state index in [1.807, 2.05) is 12.2 Å². The Morgan fingerprint density at radius 2 is 1.77 bits per heavy atom. The highest BCUT2D eigenvalue weighted by Gasteiger charge is 2.50. The van der Waals surface area contributed by atoms with Crippen LogP contribution in [0.3, 0.4) is 0 Å². The predicted molar refractivity (Wildman–Crippen MR) is 89.5 cm³/mol. The number of nitrogens with zero attached hydrogens (tertiary/aromatic N) is 1. The molecule has 1 saturated heterocycles. The molecule has 138 valence electrons. The molecule has 0 radical (unpaired) electrons. The lowest BCUT2D eigenvalue weighted by molar-refractivity contribution is -0.158. The Bertz CT molecular complexity index is 721. The van der Waals surface area contributed by atoms with Crippen molar-refractivity contribution < 1.29 is 28.2 Å². The highest BCUT2D eigenvalue weighted by Crippen LogP contribution is 2.36. The molecular formula is C19H20FNO5. The lowest BCUT2D eigenvalue weighted by Crippen LogP contribution is -2.44. The number of allylic oxidation sites excluding steroid dienone is 2. The molecule has 6 nitrogen and oxygen atoms in total. The molecule has 2 aliphatic rings. The van der Waals surface area contributed by atoms with Crippen LogP contribution in [0, 0.1) is 17.7 Å². The Hall–Kier alpha value is -2.70. The quantitative estimate of drug-likeness (QED) is 0.336. The zero-order valence-corrected chi connectivity index (χ0v) is 14.4. The summed E-state index contributed by atoms with van der Waals surface area (Å²) in [5.41, 5.74) is 0. The van der Waals surface area contributed by atoms with E-state index in [9.17, 15) is 18.8 Å². The van der Waals surface area contributed by atoms with Crippen molar-refractivity contribution in [1.82, 2.24) is 4.90 Å². The van der Waals surface area contributed by atoms with Crippen LogP contribution in [0.25, 0.3) is 0 Å². The van der Waals surface area contributed by atoms with E-state index < -0.39 is 17.8 Å². The van der Waals surface area contributed by atoms with Crippen molar-refractivity contribution in [3.8, 4) is 5.75 Å². The second-order valence-electron chi connectivity index (χ2n) is 6.32. The average molecular weight is 361 g/mol. The highest BCUT2D eigenvalue weighted by atomic mass is 19.1. The van der Waals surface area contributed by atoms with Crippen molar-refractivity contribution in [3.05, 3.63) is 42.2 Å². The van der Waals surface area contributed by atoms with Gasteiger partial charge in [0.25, 0.3) is 0 Å². The third kappa shape index (κ3) is 3.47. The van der Waals surface area contributed by atoms with Gasteiger partial charge in [-0.15, -0.1) is 0 Å². The smallest absolute Gasteiger partial charge is 0.329 e. The molecule has 0 unspecified atom stereocenters. The summed E-state index contributed by atoms with van der Waals surface area (Å²) < 4.78 is 23.7. The number of halogens is 1. The SMILES string of the molecule is C[C@H](C(=O)OCCOc1ccccc1F)N1C(=O)[C@H]2CC=CC[C@@H]2C1=O. The molecule has 0 spiro atoms. The molecule has 26 heavy (non-hydrogen) atoms. The first kappa shape index (κ1) is 18.1. The van der Waals surface area contributed by atoms with E-state index in [1.54, 1.807) is 12.1 Å². The molecule has 1 fully saturated rings. The number of rotatable bonds is 6. The standard InChI is InChI=1S/C19H20FNO5/c1-12(21-17(22)13-6-2-3-7-14(13)18(21)23)19(24)26-11-10-25-16-9-5-4-8-15(16)20/h2-5,8-9,12-14H,6-7,10-11H2,1H3/t12-,13+,14+/m1/s1. The van der Waals surface area contributed by atoms with Crippen LogP contribution in [-0.2, 0) is 19.1 Å². The molecule has 1 aromatic carbocycles. The largest absolute Gasteiger partial charge is 0.487 e. The topological polar surface area (TPSA) is 72.9 Å². The number of ether oxygens (including phenoxy) is 2. The Morgan fingerprint density at radius 1 is 1.15 bits per heavy atom. The van der Waals surface area contributed by atoms with Gasteiger partial charge in [0.2, 0.25) is 11.8 Å². The number of benzene rings is 1. The molecule has 3 rings (SSSR count). The minimum absolute atomic E-state index is 0.0313. The van der Waals surface area contributed by atoms with Crippen molar-refractivity contribution in [3.63, 3.8) is 0 Å². The molecule has 0 N–H and O–H groups in total. The Morgan fingerprint density at radius 3 is 2.38 bits per heavy atom. The lowest BCUT2D eigenvalue weighted by atomic mass is 9.85. The number of hydrogen-bond donors (Lipinski definition) is 0. The van der Waals surface area contributed by atoms with E-state index in [0.717, 1.165) is 4.90 Å². The molecule has 1 heterocycles. The van der Waals surface area contributed by atoms with Crippen LogP contribution in [0.2, 0.25) is 0 Å². The maximum absolute atomic E-state index is 13.4. The highest BCUT2D eigenvalue weighted by molar-refractivity contribution is 6.08. The molecule has 3 atom stereocenters. The van der Waals surface area contributed by atoms with Crippen LogP contribution in [0.1, 0.15) is 19.8 Å². The van der Waals surface area contributed by atoms with Crippen LogP contribution in [-0.4, -0.2) is 41.9 Å². The summed E-state index contributed by atoms with van der Waals surface area (Å²) in [5, 5.41) is 0. The number of fused-ring (bicyclic) bond motifs is 1. The number of likely N-dealkylation sites (tertiary alicyclic amines) is 1. The first-order chi connectivity index (χ1) is 12.5. The minimum atomic E-state index is -0.992. The van der Waals surface area contributed by atoms with E-state index >= 15 is 0 Å². The second kappa shape index (κ2) is 7.68.